The van der Waals surface area contributed by atoms with Crippen LogP contribution in [0.15, 0.2) is 71.6 Å². The maximum absolute atomic E-state index is 13.5. The van der Waals surface area contributed by atoms with Crippen LogP contribution in [0.5, 0.6) is 0 Å². The second kappa shape index (κ2) is 10.7. The molecule has 0 fully saturated rings. The van der Waals surface area contributed by atoms with Gasteiger partial charge in [0.25, 0.3) is 10.0 Å². The normalized spacial score (nSPS) is 11.8. The van der Waals surface area contributed by atoms with Crippen molar-refractivity contribution in [2.45, 2.75) is 24.6 Å². The van der Waals surface area contributed by atoms with E-state index in [1.165, 1.54) is 19.2 Å². The lowest BCUT2D eigenvalue weighted by Gasteiger charge is -2.25. The molecule has 6 nitrogen and oxygen atoms in total. The second-order valence-electron chi connectivity index (χ2n) is 7.67. The van der Waals surface area contributed by atoms with Gasteiger partial charge in [-0.15, -0.1) is 0 Å². The predicted molar refractivity (Wildman–Crippen MR) is 128 cm³/mol. The molecule has 186 valence electrons. The summed E-state index contributed by atoms with van der Waals surface area (Å²) < 4.78 is 72.9. The van der Waals surface area contributed by atoms with Gasteiger partial charge in [0.15, 0.2) is 0 Å². The number of nitrogens with zero attached hydrogens (tertiary/aromatic N) is 1. The van der Waals surface area contributed by atoms with Crippen molar-refractivity contribution >= 4 is 38.9 Å². The molecule has 0 aliphatic carbocycles. The number of carbonyl (C=O) groups is 1. The molecule has 1 N–H and O–H groups in total. The predicted octanol–water partition coefficient (Wildman–Crippen LogP) is 5.65. The van der Waals surface area contributed by atoms with Gasteiger partial charge < -0.3 is 10.1 Å². The Balaban J connectivity index is 2.01. The van der Waals surface area contributed by atoms with Gasteiger partial charge in [0.05, 0.1) is 27.8 Å². The summed E-state index contributed by atoms with van der Waals surface area (Å²) in [4.78, 5) is 12.7. The zero-order valence-electron chi connectivity index (χ0n) is 18.8. The van der Waals surface area contributed by atoms with Crippen LogP contribution in [0.1, 0.15) is 16.7 Å². The Hall–Kier alpha value is -3.08. The standard InChI is InChI=1S/C24H22ClF3N2O4S/c1-16-6-9-20(10-7-16)35(32,33)30(19-8-11-22(25)21(13-19)24(26,27)28)14-23(31)29-18-5-3-4-17(12-18)15-34-2/h3-13H,14-15H2,1-2H3,(H,29,31). The van der Waals surface area contributed by atoms with Gasteiger partial charge >= 0.3 is 6.18 Å². The second-order valence-corrected chi connectivity index (χ2v) is 9.94. The number of rotatable bonds is 8. The van der Waals surface area contributed by atoms with E-state index >= 15 is 0 Å². The summed E-state index contributed by atoms with van der Waals surface area (Å²) in [6, 6.07) is 15.1. The number of carbonyl (C=O) groups excluding carboxylic acids is 1. The number of sulfonamides is 1. The van der Waals surface area contributed by atoms with Crippen molar-refractivity contribution in [1.82, 2.24) is 0 Å². The summed E-state index contributed by atoms with van der Waals surface area (Å²) in [5, 5.41) is 1.99. The topological polar surface area (TPSA) is 75.7 Å². The minimum Gasteiger partial charge on any atom is -0.380 e. The highest BCUT2D eigenvalue weighted by molar-refractivity contribution is 7.92. The van der Waals surface area contributed by atoms with Crippen molar-refractivity contribution in [3.63, 3.8) is 0 Å². The molecule has 0 saturated heterocycles. The molecule has 0 spiro atoms. The van der Waals surface area contributed by atoms with E-state index in [0.717, 1.165) is 23.3 Å². The molecule has 35 heavy (non-hydrogen) atoms. The van der Waals surface area contributed by atoms with Crippen molar-refractivity contribution in [2.75, 3.05) is 23.3 Å². The number of nitrogens with one attached hydrogen (secondary N) is 1. The number of aryl methyl sites for hydroxylation is 1. The van der Waals surface area contributed by atoms with Gasteiger partial charge in [-0.2, -0.15) is 13.2 Å². The monoisotopic (exact) mass is 526 g/mol. The lowest BCUT2D eigenvalue weighted by Crippen LogP contribution is -2.38. The largest absolute Gasteiger partial charge is 0.417 e. The number of ether oxygens (including phenoxy) is 1. The van der Waals surface area contributed by atoms with Crippen LogP contribution in [0, 0.1) is 6.92 Å². The van der Waals surface area contributed by atoms with Crippen LogP contribution < -0.4 is 9.62 Å². The molecule has 11 heteroatoms. The molecule has 0 aromatic heterocycles. The number of hydrogen-bond donors (Lipinski definition) is 1. The maximum atomic E-state index is 13.5. The van der Waals surface area contributed by atoms with Crippen LogP contribution >= 0.6 is 11.6 Å². The Bertz CT molecular complexity index is 1310. The average molecular weight is 527 g/mol. The summed E-state index contributed by atoms with van der Waals surface area (Å²) >= 11 is 5.71. The lowest BCUT2D eigenvalue weighted by molar-refractivity contribution is -0.137. The van der Waals surface area contributed by atoms with E-state index in [9.17, 15) is 26.4 Å². The Morgan fingerprint density at radius 2 is 1.74 bits per heavy atom. The smallest absolute Gasteiger partial charge is 0.380 e. The molecule has 1 amide bonds. The molecule has 3 aromatic rings. The Morgan fingerprint density at radius 1 is 1.06 bits per heavy atom. The van der Waals surface area contributed by atoms with Crippen LogP contribution in [0.2, 0.25) is 5.02 Å². The van der Waals surface area contributed by atoms with E-state index in [-0.39, 0.29) is 10.6 Å². The van der Waals surface area contributed by atoms with Gasteiger partial charge in [-0.05, 0) is 55.0 Å². The minimum absolute atomic E-state index is 0.179. The zero-order chi connectivity index (χ0) is 25.8. The fourth-order valence-corrected chi connectivity index (χ4v) is 4.91. The fraction of sp³-hybridized carbons (Fsp3) is 0.208. The first-order valence-corrected chi connectivity index (χ1v) is 12.1. The lowest BCUT2D eigenvalue weighted by atomic mass is 10.2. The Morgan fingerprint density at radius 3 is 2.37 bits per heavy atom. The SMILES string of the molecule is COCc1cccc(NC(=O)CN(c2ccc(Cl)c(C(F)(F)F)c2)S(=O)(=O)c2ccc(C)cc2)c1. The summed E-state index contributed by atoms with van der Waals surface area (Å²) in [6.45, 7) is 1.28. The molecule has 0 atom stereocenters. The summed E-state index contributed by atoms with van der Waals surface area (Å²) in [6.07, 6.45) is -4.82. The van der Waals surface area contributed by atoms with E-state index in [1.54, 1.807) is 43.3 Å². The van der Waals surface area contributed by atoms with Gasteiger partial charge in [0.2, 0.25) is 5.91 Å². The van der Waals surface area contributed by atoms with E-state index < -0.39 is 39.2 Å². The third-order valence-electron chi connectivity index (χ3n) is 4.96. The Kier molecular flexibility index (Phi) is 8.09. The third kappa shape index (κ3) is 6.53. The first-order chi connectivity index (χ1) is 16.4. The Labute approximate surface area is 206 Å². The molecule has 0 aliphatic rings. The van der Waals surface area contributed by atoms with Crippen LogP contribution in [-0.4, -0.2) is 28.0 Å². The zero-order valence-corrected chi connectivity index (χ0v) is 20.3. The first kappa shape index (κ1) is 26.5. The van der Waals surface area contributed by atoms with E-state index in [4.69, 9.17) is 16.3 Å². The molecular weight excluding hydrogens is 505 g/mol. The number of benzene rings is 3. The minimum atomic E-state index is -4.82. The number of hydrogen-bond acceptors (Lipinski definition) is 4. The molecular formula is C24H22ClF3N2O4S. The number of amides is 1. The third-order valence-corrected chi connectivity index (χ3v) is 7.08. The van der Waals surface area contributed by atoms with Crippen molar-refractivity contribution in [1.29, 1.82) is 0 Å². The van der Waals surface area contributed by atoms with Crippen LogP contribution in [0.3, 0.4) is 0 Å². The molecule has 0 unspecified atom stereocenters. The molecule has 0 aliphatic heterocycles. The first-order valence-electron chi connectivity index (χ1n) is 10.3. The van der Waals surface area contributed by atoms with E-state index in [1.807, 2.05) is 0 Å². The van der Waals surface area contributed by atoms with Crippen molar-refractivity contribution < 1.29 is 31.1 Å². The van der Waals surface area contributed by atoms with Gasteiger partial charge in [0, 0.05) is 12.8 Å². The quantitative estimate of drug-likeness (QED) is 0.412. The van der Waals surface area contributed by atoms with Crippen LogP contribution in [-0.2, 0) is 32.3 Å². The van der Waals surface area contributed by atoms with E-state index in [0.29, 0.717) is 22.7 Å². The molecule has 0 bridgehead atoms. The van der Waals surface area contributed by atoms with Crippen molar-refractivity contribution in [3.8, 4) is 0 Å². The average Bonchev–Trinajstić information content (AvgIpc) is 2.78. The van der Waals surface area contributed by atoms with Gasteiger partial charge in [-0.1, -0.05) is 41.4 Å². The molecule has 0 saturated carbocycles. The fourth-order valence-electron chi connectivity index (χ4n) is 3.27. The van der Waals surface area contributed by atoms with Crippen LogP contribution in [0.4, 0.5) is 24.5 Å². The van der Waals surface area contributed by atoms with Gasteiger partial charge in [-0.25, -0.2) is 8.42 Å². The van der Waals surface area contributed by atoms with E-state index in [2.05, 4.69) is 5.32 Å². The number of anilines is 2. The number of methoxy groups -OCH3 is 1. The highest BCUT2D eigenvalue weighted by Crippen LogP contribution is 2.38. The molecule has 0 heterocycles. The van der Waals surface area contributed by atoms with Crippen LogP contribution in [0.25, 0.3) is 0 Å². The maximum Gasteiger partial charge on any atom is 0.417 e. The summed E-state index contributed by atoms with van der Waals surface area (Å²) in [5.41, 5.74) is 0.361. The molecule has 3 rings (SSSR count). The number of alkyl halides is 3. The van der Waals surface area contributed by atoms with Crippen molar-refractivity contribution in [2.24, 2.45) is 0 Å². The van der Waals surface area contributed by atoms with Crippen molar-refractivity contribution in [3.05, 3.63) is 88.4 Å². The van der Waals surface area contributed by atoms with Gasteiger partial charge in [-0.3, -0.25) is 9.10 Å². The highest BCUT2D eigenvalue weighted by Gasteiger charge is 2.35. The van der Waals surface area contributed by atoms with Gasteiger partial charge in [0.1, 0.15) is 6.54 Å². The highest BCUT2D eigenvalue weighted by atomic mass is 35.5. The number of halogens is 4. The molecule has 3 aromatic carbocycles. The summed E-state index contributed by atoms with van der Waals surface area (Å²) in [5.74, 6) is -0.751. The molecule has 0 radical (unpaired) electrons. The summed E-state index contributed by atoms with van der Waals surface area (Å²) in [7, 11) is -2.89.